The third kappa shape index (κ3) is 4.46. The number of phenols is 2. The Hall–Kier alpha value is -2.60. The molecule has 0 amide bonds. The minimum atomic E-state index is 0.143. The molecule has 0 unspecified atom stereocenters. The van der Waals surface area contributed by atoms with E-state index in [1.54, 1.807) is 42.5 Å². The van der Waals surface area contributed by atoms with Crippen molar-refractivity contribution in [3.05, 3.63) is 59.7 Å². The van der Waals surface area contributed by atoms with Crippen LogP contribution in [0.2, 0.25) is 0 Å². The van der Waals surface area contributed by atoms with E-state index in [4.69, 9.17) is 0 Å². The zero-order valence-electron chi connectivity index (χ0n) is 11.9. The van der Waals surface area contributed by atoms with E-state index in [9.17, 15) is 10.2 Å². The standard InChI is InChI=1S/C16H15N3O2S/c1-22-16(17-10-12-6-2-4-8-14(12)20)19-18-11-13-7-3-5-9-15(13)21/h2-11,20-21H,1H3/b17-10+,18-11+,19-16-. The van der Waals surface area contributed by atoms with Crippen molar-refractivity contribution in [2.24, 2.45) is 15.2 Å². The smallest absolute Gasteiger partial charge is 0.208 e. The number of amidine groups is 1. The first kappa shape index (κ1) is 15.8. The van der Waals surface area contributed by atoms with Gasteiger partial charge >= 0.3 is 0 Å². The average Bonchev–Trinajstić information content (AvgIpc) is 2.54. The number of aliphatic imine (C=N–C) groups is 1. The van der Waals surface area contributed by atoms with Crippen LogP contribution in [-0.2, 0) is 0 Å². The molecule has 0 saturated carbocycles. The van der Waals surface area contributed by atoms with Gasteiger partial charge < -0.3 is 10.2 Å². The molecular formula is C16H15N3O2S. The number of phenolic OH excluding ortho intramolecular Hbond substituents is 2. The van der Waals surface area contributed by atoms with E-state index in [0.717, 1.165) is 0 Å². The Balaban J connectivity index is 2.11. The van der Waals surface area contributed by atoms with Gasteiger partial charge in [-0.1, -0.05) is 36.0 Å². The van der Waals surface area contributed by atoms with E-state index < -0.39 is 0 Å². The summed E-state index contributed by atoms with van der Waals surface area (Å²) in [4.78, 5) is 4.18. The largest absolute Gasteiger partial charge is 0.507 e. The first-order valence-electron chi connectivity index (χ1n) is 6.46. The zero-order chi connectivity index (χ0) is 15.8. The maximum absolute atomic E-state index is 9.66. The highest BCUT2D eigenvalue weighted by atomic mass is 32.2. The molecule has 0 saturated heterocycles. The van der Waals surface area contributed by atoms with Gasteiger partial charge in [-0.05, 0) is 30.5 Å². The van der Waals surface area contributed by atoms with E-state index >= 15 is 0 Å². The van der Waals surface area contributed by atoms with Crippen LogP contribution in [0, 0.1) is 0 Å². The van der Waals surface area contributed by atoms with Crippen molar-refractivity contribution in [2.45, 2.75) is 0 Å². The third-order valence-corrected chi connectivity index (χ3v) is 3.26. The van der Waals surface area contributed by atoms with Gasteiger partial charge in [0.2, 0.25) is 5.17 Å². The molecule has 2 rings (SSSR count). The number of hydrogen-bond acceptors (Lipinski definition) is 5. The fourth-order valence-corrected chi connectivity index (χ4v) is 1.86. The summed E-state index contributed by atoms with van der Waals surface area (Å²) in [5.74, 6) is 0.300. The summed E-state index contributed by atoms with van der Waals surface area (Å²) in [5, 5.41) is 27.6. The molecule has 0 spiro atoms. The van der Waals surface area contributed by atoms with Crippen LogP contribution in [0.1, 0.15) is 11.1 Å². The van der Waals surface area contributed by atoms with Crippen molar-refractivity contribution in [3.63, 3.8) is 0 Å². The van der Waals surface area contributed by atoms with Crippen LogP contribution in [0.15, 0.2) is 63.7 Å². The summed E-state index contributed by atoms with van der Waals surface area (Å²) in [6.07, 6.45) is 4.82. The second-order valence-electron chi connectivity index (χ2n) is 4.21. The Morgan fingerprint density at radius 1 is 0.909 bits per heavy atom. The lowest BCUT2D eigenvalue weighted by atomic mass is 10.2. The first-order chi connectivity index (χ1) is 10.7. The van der Waals surface area contributed by atoms with Crippen LogP contribution in [0.25, 0.3) is 0 Å². The molecular weight excluding hydrogens is 298 g/mol. The minimum absolute atomic E-state index is 0.143. The molecule has 6 heteroatoms. The van der Waals surface area contributed by atoms with Crippen molar-refractivity contribution in [1.29, 1.82) is 0 Å². The molecule has 0 aliphatic rings. The van der Waals surface area contributed by atoms with E-state index in [-0.39, 0.29) is 11.5 Å². The highest BCUT2D eigenvalue weighted by molar-refractivity contribution is 8.13. The molecule has 0 fully saturated rings. The van der Waals surface area contributed by atoms with Gasteiger partial charge in [0.25, 0.3) is 0 Å². The van der Waals surface area contributed by atoms with Gasteiger partial charge in [-0.3, -0.25) is 0 Å². The lowest BCUT2D eigenvalue weighted by molar-refractivity contribution is 0.474. The van der Waals surface area contributed by atoms with Gasteiger partial charge in [-0.25, -0.2) is 4.99 Å². The molecule has 0 aliphatic carbocycles. The van der Waals surface area contributed by atoms with Crippen LogP contribution in [0.3, 0.4) is 0 Å². The van der Waals surface area contributed by atoms with Gasteiger partial charge in [0.1, 0.15) is 11.5 Å². The maximum Gasteiger partial charge on any atom is 0.208 e. The Labute approximate surface area is 132 Å². The quantitative estimate of drug-likeness (QED) is 0.518. The average molecular weight is 313 g/mol. The molecule has 0 radical (unpaired) electrons. The molecule has 0 aliphatic heterocycles. The fourth-order valence-electron chi connectivity index (χ4n) is 1.58. The number of benzene rings is 2. The Morgan fingerprint density at radius 2 is 1.45 bits per heavy atom. The number of nitrogens with zero attached hydrogens (tertiary/aromatic N) is 3. The molecule has 5 nitrogen and oxygen atoms in total. The van der Waals surface area contributed by atoms with Crippen LogP contribution in [0.5, 0.6) is 11.5 Å². The summed E-state index contributed by atoms with van der Waals surface area (Å²) >= 11 is 1.33. The number of hydrogen-bond donors (Lipinski definition) is 2. The molecule has 22 heavy (non-hydrogen) atoms. The topological polar surface area (TPSA) is 77.5 Å². The zero-order valence-corrected chi connectivity index (χ0v) is 12.7. The second kappa shape index (κ2) is 7.99. The van der Waals surface area contributed by atoms with Gasteiger partial charge in [0.15, 0.2) is 0 Å². The molecule has 0 bridgehead atoms. The normalized spacial score (nSPS) is 12.3. The first-order valence-corrected chi connectivity index (χ1v) is 7.68. The van der Waals surface area contributed by atoms with E-state index in [1.165, 1.54) is 24.2 Å². The molecule has 112 valence electrons. The molecule has 0 heterocycles. The number of thioether (sulfide) groups is 1. The number of aromatic hydroxyl groups is 2. The van der Waals surface area contributed by atoms with Crippen LogP contribution in [0.4, 0.5) is 0 Å². The van der Waals surface area contributed by atoms with Crippen molar-refractivity contribution >= 4 is 29.4 Å². The fraction of sp³-hybridized carbons (Fsp3) is 0.0625. The second-order valence-corrected chi connectivity index (χ2v) is 4.98. The molecule has 0 aromatic heterocycles. The Morgan fingerprint density at radius 3 is 2.00 bits per heavy atom. The molecule has 2 aromatic carbocycles. The Kier molecular flexibility index (Phi) is 5.73. The summed E-state index contributed by atoms with van der Waals surface area (Å²) in [6.45, 7) is 0. The van der Waals surface area contributed by atoms with Crippen molar-refractivity contribution in [2.75, 3.05) is 6.26 Å². The highest BCUT2D eigenvalue weighted by Gasteiger charge is 1.97. The number of para-hydroxylation sites is 2. The van der Waals surface area contributed by atoms with Crippen molar-refractivity contribution in [3.8, 4) is 11.5 Å². The minimum Gasteiger partial charge on any atom is -0.507 e. The Bertz CT molecular complexity index is 727. The van der Waals surface area contributed by atoms with Crippen molar-refractivity contribution in [1.82, 2.24) is 0 Å². The van der Waals surface area contributed by atoms with E-state index in [1.807, 2.05) is 12.3 Å². The van der Waals surface area contributed by atoms with E-state index in [2.05, 4.69) is 15.2 Å². The van der Waals surface area contributed by atoms with E-state index in [0.29, 0.717) is 16.3 Å². The SMILES string of the molecule is CSC(=N\N=C\c1ccccc1O)/N=C/c1ccccc1O. The van der Waals surface area contributed by atoms with Crippen molar-refractivity contribution < 1.29 is 10.2 Å². The predicted octanol–water partition coefficient (Wildman–Crippen LogP) is 3.27. The highest BCUT2D eigenvalue weighted by Crippen LogP contribution is 2.14. The van der Waals surface area contributed by atoms with Gasteiger partial charge in [0.05, 0.1) is 6.21 Å². The summed E-state index contributed by atoms with van der Waals surface area (Å²) in [7, 11) is 0. The molecule has 2 N–H and O–H groups in total. The monoisotopic (exact) mass is 313 g/mol. The lowest BCUT2D eigenvalue weighted by Crippen LogP contribution is -1.89. The molecule has 2 aromatic rings. The summed E-state index contributed by atoms with van der Waals surface area (Å²) in [5.41, 5.74) is 1.19. The van der Waals surface area contributed by atoms with Gasteiger partial charge in [-0.15, -0.1) is 5.10 Å². The predicted molar refractivity (Wildman–Crippen MR) is 92.4 cm³/mol. The third-order valence-electron chi connectivity index (χ3n) is 2.71. The lowest BCUT2D eigenvalue weighted by Gasteiger charge is -1.97. The number of rotatable bonds is 3. The van der Waals surface area contributed by atoms with Crippen LogP contribution in [-0.4, -0.2) is 34.1 Å². The van der Waals surface area contributed by atoms with Crippen LogP contribution >= 0.6 is 11.8 Å². The summed E-state index contributed by atoms with van der Waals surface area (Å²) in [6, 6.07) is 13.8. The summed E-state index contributed by atoms with van der Waals surface area (Å²) < 4.78 is 0. The van der Waals surface area contributed by atoms with Gasteiger partial charge in [-0.2, -0.15) is 5.10 Å². The van der Waals surface area contributed by atoms with Crippen LogP contribution < -0.4 is 0 Å². The van der Waals surface area contributed by atoms with Gasteiger partial charge in [0, 0.05) is 17.3 Å². The maximum atomic E-state index is 9.66. The molecule has 0 atom stereocenters.